The van der Waals surface area contributed by atoms with Crippen molar-refractivity contribution in [2.24, 2.45) is 0 Å². The van der Waals surface area contributed by atoms with Gasteiger partial charge < -0.3 is 9.80 Å². The first kappa shape index (κ1) is 18.3. The average Bonchev–Trinajstić information content (AvgIpc) is 2.68. The summed E-state index contributed by atoms with van der Waals surface area (Å²) in [5, 5.41) is 9.46. The molecular weight excluding hydrogens is 346 g/mol. The number of nitrogens with zero attached hydrogens (tertiary/aromatic N) is 3. The van der Waals surface area contributed by atoms with E-state index in [0.717, 1.165) is 24.3 Å². The van der Waals surface area contributed by atoms with Crippen molar-refractivity contribution >= 4 is 23.2 Å². The number of nitriles is 1. The van der Waals surface area contributed by atoms with Gasteiger partial charge in [0.05, 0.1) is 16.0 Å². The first-order valence-electron chi connectivity index (χ1n) is 8.73. The van der Waals surface area contributed by atoms with E-state index in [1.54, 1.807) is 6.07 Å². The fourth-order valence-corrected chi connectivity index (χ4v) is 3.55. The van der Waals surface area contributed by atoms with Crippen LogP contribution in [0.25, 0.3) is 0 Å². The van der Waals surface area contributed by atoms with Crippen LogP contribution in [-0.2, 0) is 10.2 Å². The third-order valence-electron chi connectivity index (χ3n) is 5.04. The number of amides is 1. The fourth-order valence-electron chi connectivity index (χ4n) is 3.33. The topological polar surface area (TPSA) is 47.3 Å². The molecule has 0 spiro atoms. The van der Waals surface area contributed by atoms with E-state index in [1.807, 2.05) is 61.2 Å². The van der Waals surface area contributed by atoms with Crippen LogP contribution < -0.4 is 4.90 Å². The Kier molecular flexibility index (Phi) is 5.20. The van der Waals surface area contributed by atoms with E-state index in [-0.39, 0.29) is 5.91 Å². The Labute approximate surface area is 159 Å². The number of piperazine rings is 1. The van der Waals surface area contributed by atoms with Crippen molar-refractivity contribution in [3.63, 3.8) is 0 Å². The molecule has 26 heavy (non-hydrogen) atoms. The summed E-state index contributed by atoms with van der Waals surface area (Å²) in [6.07, 6.45) is 0. The van der Waals surface area contributed by atoms with Crippen molar-refractivity contribution in [1.82, 2.24) is 4.90 Å². The maximum atomic E-state index is 13.1. The zero-order valence-electron chi connectivity index (χ0n) is 15.1. The number of halogens is 1. The molecule has 0 atom stereocenters. The van der Waals surface area contributed by atoms with E-state index >= 15 is 0 Å². The van der Waals surface area contributed by atoms with Crippen LogP contribution in [-0.4, -0.2) is 37.0 Å². The molecular formula is C21H22ClN3O. The summed E-state index contributed by atoms with van der Waals surface area (Å²) in [6.45, 7) is 6.81. The highest BCUT2D eigenvalue weighted by Gasteiger charge is 2.35. The van der Waals surface area contributed by atoms with E-state index in [9.17, 15) is 4.79 Å². The average molecular weight is 368 g/mol. The highest BCUT2D eigenvalue weighted by molar-refractivity contribution is 6.32. The SMILES string of the molecule is CC(C)(C(=O)N1CCN(c2ccc(C#N)c(Cl)c2)CC1)c1ccccc1. The van der Waals surface area contributed by atoms with E-state index in [2.05, 4.69) is 11.0 Å². The Bertz CT molecular complexity index is 834. The first-order chi connectivity index (χ1) is 12.4. The number of carbonyl (C=O) groups is 1. The van der Waals surface area contributed by atoms with Crippen LogP contribution in [0.4, 0.5) is 5.69 Å². The summed E-state index contributed by atoms with van der Waals surface area (Å²) >= 11 is 6.14. The molecule has 1 saturated heterocycles. The second-order valence-corrected chi connectivity index (χ2v) is 7.45. The predicted molar refractivity (Wildman–Crippen MR) is 104 cm³/mol. The molecule has 1 aliphatic rings. The number of hydrogen-bond donors (Lipinski definition) is 0. The minimum atomic E-state index is -0.540. The molecule has 3 rings (SSSR count). The monoisotopic (exact) mass is 367 g/mol. The first-order valence-corrected chi connectivity index (χ1v) is 9.11. The summed E-state index contributed by atoms with van der Waals surface area (Å²) in [7, 11) is 0. The zero-order valence-corrected chi connectivity index (χ0v) is 15.8. The van der Waals surface area contributed by atoms with Crippen LogP contribution in [0.2, 0.25) is 5.02 Å². The summed E-state index contributed by atoms with van der Waals surface area (Å²) in [4.78, 5) is 17.2. The van der Waals surface area contributed by atoms with Gasteiger partial charge in [-0.15, -0.1) is 0 Å². The minimum Gasteiger partial charge on any atom is -0.368 e. The fraction of sp³-hybridized carbons (Fsp3) is 0.333. The van der Waals surface area contributed by atoms with Crippen LogP contribution in [0, 0.1) is 11.3 Å². The van der Waals surface area contributed by atoms with Crippen LogP contribution in [0.3, 0.4) is 0 Å². The van der Waals surface area contributed by atoms with Gasteiger partial charge in [-0.25, -0.2) is 0 Å². The molecule has 2 aromatic carbocycles. The molecule has 5 heteroatoms. The van der Waals surface area contributed by atoms with Crippen molar-refractivity contribution in [1.29, 1.82) is 5.26 Å². The molecule has 1 aliphatic heterocycles. The predicted octanol–water partition coefficient (Wildman–Crippen LogP) is 3.84. The summed E-state index contributed by atoms with van der Waals surface area (Å²) in [6, 6.07) is 17.5. The van der Waals surface area contributed by atoms with Gasteiger partial charge in [0.2, 0.25) is 5.91 Å². The standard InChI is InChI=1S/C21H22ClN3O/c1-21(2,17-6-4-3-5-7-17)20(26)25-12-10-24(11-13-25)18-9-8-16(15-23)19(22)14-18/h3-9,14H,10-13H2,1-2H3. The largest absolute Gasteiger partial charge is 0.368 e. The lowest BCUT2D eigenvalue weighted by Gasteiger charge is -2.39. The Morgan fingerprint density at radius 1 is 1.08 bits per heavy atom. The maximum Gasteiger partial charge on any atom is 0.232 e. The molecule has 0 N–H and O–H groups in total. The maximum absolute atomic E-state index is 13.1. The van der Waals surface area contributed by atoms with Crippen molar-refractivity contribution in [3.05, 3.63) is 64.7 Å². The number of rotatable bonds is 3. The van der Waals surface area contributed by atoms with E-state index in [1.165, 1.54) is 0 Å². The molecule has 1 amide bonds. The number of benzene rings is 2. The van der Waals surface area contributed by atoms with Gasteiger partial charge in [0.1, 0.15) is 6.07 Å². The third kappa shape index (κ3) is 3.54. The number of carbonyl (C=O) groups excluding carboxylic acids is 1. The van der Waals surface area contributed by atoms with Gasteiger partial charge in [-0.05, 0) is 37.6 Å². The minimum absolute atomic E-state index is 0.154. The van der Waals surface area contributed by atoms with Gasteiger partial charge in [0.15, 0.2) is 0 Å². The molecule has 0 aromatic heterocycles. The van der Waals surface area contributed by atoms with Crippen molar-refractivity contribution in [2.75, 3.05) is 31.1 Å². The van der Waals surface area contributed by atoms with E-state index < -0.39 is 5.41 Å². The molecule has 134 valence electrons. The Morgan fingerprint density at radius 2 is 1.73 bits per heavy atom. The quantitative estimate of drug-likeness (QED) is 0.828. The summed E-state index contributed by atoms with van der Waals surface area (Å²) in [5.41, 5.74) is 1.96. The molecule has 1 fully saturated rings. The van der Waals surface area contributed by atoms with Gasteiger partial charge in [-0.1, -0.05) is 41.9 Å². The molecule has 0 saturated carbocycles. The van der Waals surface area contributed by atoms with E-state index in [4.69, 9.17) is 16.9 Å². The Morgan fingerprint density at radius 3 is 2.31 bits per heavy atom. The lowest BCUT2D eigenvalue weighted by atomic mass is 9.83. The molecule has 0 unspecified atom stereocenters. The third-order valence-corrected chi connectivity index (χ3v) is 5.35. The van der Waals surface area contributed by atoms with Crippen LogP contribution in [0.5, 0.6) is 0 Å². The van der Waals surface area contributed by atoms with Gasteiger partial charge in [-0.2, -0.15) is 5.26 Å². The molecule has 0 aliphatic carbocycles. The zero-order chi connectivity index (χ0) is 18.7. The smallest absolute Gasteiger partial charge is 0.232 e. The molecule has 1 heterocycles. The van der Waals surface area contributed by atoms with Crippen molar-refractivity contribution in [3.8, 4) is 6.07 Å². The highest BCUT2D eigenvalue weighted by atomic mass is 35.5. The van der Waals surface area contributed by atoms with E-state index in [0.29, 0.717) is 23.7 Å². The second kappa shape index (κ2) is 7.39. The lowest BCUT2D eigenvalue weighted by Crippen LogP contribution is -2.53. The molecule has 0 bridgehead atoms. The van der Waals surface area contributed by atoms with Crippen LogP contribution in [0.1, 0.15) is 25.0 Å². The van der Waals surface area contributed by atoms with Crippen LogP contribution >= 0.6 is 11.6 Å². The second-order valence-electron chi connectivity index (χ2n) is 7.05. The molecule has 2 aromatic rings. The lowest BCUT2D eigenvalue weighted by molar-refractivity contribution is -0.136. The van der Waals surface area contributed by atoms with Crippen molar-refractivity contribution < 1.29 is 4.79 Å². The van der Waals surface area contributed by atoms with Gasteiger partial charge in [-0.3, -0.25) is 4.79 Å². The van der Waals surface area contributed by atoms with Crippen LogP contribution in [0.15, 0.2) is 48.5 Å². The Balaban J connectivity index is 1.68. The summed E-state index contributed by atoms with van der Waals surface area (Å²) in [5.74, 6) is 0.154. The molecule has 4 nitrogen and oxygen atoms in total. The van der Waals surface area contributed by atoms with Gasteiger partial charge in [0, 0.05) is 31.9 Å². The molecule has 0 radical (unpaired) electrons. The van der Waals surface area contributed by atoms with Gasteiger partial charge >= 0.3 is 0 Å². The Hall–Kier alpha value is -2.51. The van der Waals surface area contributed by atoms with Gasteiger partial charge in [0.25, 0.3) is 0 Å². The number of anilines is 1. The number of hydrogen-bond acceptors (Lipinski definition) is 3. The summed E-state index contributed by atoms with van der Waals surface area (Å²) < 4.78 is 0. The highest BCUT2D eigenvalue weighted by Crippen LogP contribution is 2.28. The normalized spacial score (nSPS) is 14.8. The van der Waals surface area contributed by atoms with Crippen molar-refractivity contribution in [2.45, 2.75) is 19.3 Å².